The maximum Gasteiger partial charge on any atom is 0.335 e. The third-order valence-electron chi connectivity index (χ3n) is 3.36. The first-order valence-electron chi connectivity index (χ1n) is 6.01. The minimum absolute atomic E-state index is 0.0226. The number of ether oxygens (including phenoxy) is 2. The number of methoxy groups -OCH3 is 1. The second-order valence-electron chi connectivity index (χ2n) is 4.79. The van der Waals surface area contributed by atoms with E-state index in [1.165, 1.54) is 19.2 Å². The summed E-state index contributed by atoms with van der Waals surface area (Å²) in [6.07, 6.45) is 2.48. The van der Waals surface area contributed by atoms with Crippen molar-refractivity contribution in [1.82, 2.24) is 0 Å². The lowest BCUT2D eigenvalue weighted by atomic mass is 10.1. The van der Waals surface area contributed by atoms with Crippen molar-refractivity contribution in [2.75, 3.05) is 13.7 Å². The number of carboxylic acids is 1. The highest BCUT2D eigenvalue weighted by Gasteiger charge is 2.43. The van der Waals surface area contributed by atoms with E-state index in [2.05, 4.69) is 6.07 Å². The fourth-order valence-electron chi connectivity index (χ4n) is 1.87. The van der Waals surface area contributed by atoms with Gasteiger partial charge in [0.05, 0.1) is 25.3 Å². The summed E-state index contributed by atoms with van der Waals surface area (Å²) in [6, 6.07) is 6.67. The van der Waals surface area contributed by atoms with Crippen LogP contribution in [0.25, 0.3) is 0 Å². The Morgan fingerprint density at radius 2 is 2.21 bits per heavy atom. The van der Waals surface area contributed by atoms with E-state index in [1.54, 1.807) is 6.07 Å². The van der Waals surface area contributed by atoms with Gasteiger partial charge in [0.1, 0.15) is 0 Å². The van der Waals surface area contributed by atoms with Gasteiger partial charge in [-0.05, 0) is 31.0 Å². The number of hydrogen-bond donors (Lipinski definition) is 1. The molecule has 0 radical (unpaired) electrons. The number of benzene rings is 1. The maximum absolute atomic E-state index is 10.9. The lowest BCUT2D eigenvalue weighted by Gasteiger charge is -2.15. The first kappa shape index (κ1) is 13.2. The van der Waals surface area contributed by atoms with Crippen LogP contribution in [0.5, 0.6) is 11.5 Å². The Morgan fingerprint density at radius 1 is 1.47 bits per heavy atom. The van der Waals surface area contributed by atoms with Crippen molar-refractivity contribution >= 4 is 5.97 Å². The highest BCUT2D eigenvalue weighted by molar-refractivity contribution is 5.88. The van der Waals surface area contributed by atoms with E-state index in [0.29, 0.717) is 24.5 Å². The van der Waals surface area contributed by atoms with Crippen LogP contribution in [0.1, 0.15) is 29.6 Å². The quantitative estimate of drug-likeness (QED) is 0.850. The van der Waals surface area contributed by atoms with Crippen molar-refractivity contribution in [2.45, 2.75) is 19.3 Å². The van der Waals surface area contributed by atoms with Gasteiger partial charge < -0.3 is 14.6 Å². The van der Waals surface area contributed by atoms with Gasteiger partial charge in [0.15, 0.2) is 11.5 Å². The van der Waals surface area contributed by atoms with Gasteiger partial charge in [0.2, 0.25) is 0 Å². The Kier molecular flexibility index (Phi) is 3.61. The molecule has 0 amide bonds. The Bertz CT molecular complexity index is 529. The Morgan fingerprint density at radius 3 is 2.74 bits per heavy atom. The van der Waals surface area contributed by atoms with Gasteiger partial charge in [-0.25, -0.2) is 4.79 Å². The van der Waals surface area contributed by atoms with Crippen LogP contribution >= 0.6 is 0 Å². The van der Waals surface area contributed by atoms with E-state index in [-0.39, 0.29) is 11.0 Å². The number of carbonyl (C=O) groups is 1. The zero-order chi connectivity index (χ0) is 13.9. The molecule has 5 nitrogen and oxygen atoms in total. The molecule has 1 N–H and O–H groups in total. The molecule has 0 aliphatic heterocycles. The van der Waals surface area contributed by atoms with Crippen LogP contribution in [0.15, 0.2) is 18.2 Å². The number of nitriles is 1. The van der Waals surface area contributed by atoms with Gasteiger partial charge in [-0.1, -0.05) is 0 Å². The first-order valence-corrected chi connectivity index (χ1v) is 6.01. The third kappa shape index (κ3) is 2.97. The lowest BCUT2D eigenvalue weighted by Crippen LogP contribution is -2.13. The van der Waals surface area contributed by atoms with Crippen LogP contribution < -0.4 is 9.47 Å². The van der Waals surface area contributed by atoms with Crippen molar-refractivity contribution in [3.8, 4) is 17.6 Å². The number of carboxylic acid groups (broad SMARTS) is 1. The normalized spacial score (nSPS) is 15.4. The second-order valence-corrected chi connectivity index (χ2v) is 4.79. The molecule has 100 valence electrons. The molecule has 0 bridgehead atoms. The van der Waals surface area contributed by atoms with Crippen LogP contribution in [0.2, 0.25) is 0 Å². The average Bonchev–Trinajstić information content (AvgIpc) is 3.16. The van der Waals surface area contributed by atoms with Crippen LogP contribution in [0, 0.1) is 16.7 Å². The van der Waals surface area contributed by atoms with Crippen molar-refractivity contribution in [3.05, 3.63) is 23.8 Å². The monoisotopic (exact) mass is 261 g/mol. The smallest absolute Gasteiger partial charge is 0.335 e. The van der Waals surface area contributed by atoms with Crippen molar-refractivity contribution in [2.24, 2.45) is 5.41 Å². The first-order chi connectivity index (χ1) is 9.10. The highest BCUT2D eigenvalue weighted by atomic mass is 16.5. The Balaban J connectivity index is 2.08. The van der Waals surface area contributed by atoms with Gasteiger partial charge in [0, 0.05) is 11.8 Å². The predicted octanol–water partition coefficient (Wildman–Crippen LogP) is 2.47. The van der Waals surface area contributed by atoms with Crippen molar-refractivity contribution in [3.63, 3.8) is 0 Å². The lowest BCUT2D eigenvalue weighted by molar-refractivity contribution is 0.0696. The summed E-state index contributed by atoms with van der Waals surface area (Å²) in [5.41, 5.74) is 0.132. The van der Waals surface area contributed by atoms with Gasteiger partial charge in [-0.2, -0.15) is 5.26 Å². The Labute approximate surface area is 111 Å². The fourth-order valence-corrected chi connectivity index (χ4v) is 1.87. The minimum atomic E-state index is -1.01. The second kappa shape index (κ2) is 5.19. The van der Waals surface area contributed by atoms with E-state index in [4.69, 9.17) is 19.8 Å². The van der Waals surface area contributed by atoms with Crippen LogP contribution in [-0.2, 0) is 0 Å². The molecule has 5 heteroatoms. The summed E-state index contributed by atoms with van der Waals surface area (Å²) < 4.78 is 10.8. The maximum atomic E-state index is 10.9. The summed E-state index contributed by atoms with van der Waals surface area (Å²) >= 11 is 0. The van der Waals surface area contributed by atoms with E-state index in [1.807, 2.05) is 0 Å². The van der Waals surface area contributed by atoms with Crippen molar-refractivity contribution < 1.29 is 19.4 Å². The number of hydrogen-bond acceptors (Lipinski definition) is 4. The van der Waals surface area contributed by atoms with Gasteiger partial charge in [0.25, 0.3) is 0 Å². The highest BCUT2D eigenvalue weighted by Crippen LogP contribution is 2.49. The molecule has 1 fully saturated rings. The number of nitrogens with zero attached hydrogens (tertiary/aromatic N) is 1. The molecule has 1 aliphatic carbocycles. The molecule has 0 atom stereocenters. The molecule has 1 aliphatic rings. The van der Waals surface area contributed by atoms with E-state index in [9.17, 15) is 4.79 Å². The topological polar surface area (TPSA) is 79.6 Å². The van der Waals surface area contributed by atoms with Gasteiger partial charge in [-0.15, -0.1) is 0 Å². The molecular weight excluding hydrogens is 246 g/mol. The summed E-state index contributed by atoms with van der Waals surface area (Å²) in [5.74, 6) is -0.0997. The molecule has 2 rings (SSSR count). The number of rotatable bonds is 6. The minimum Gasteiger partial charge on any atom is -0.493 e. The van der Waals surface area contributed by atoms with E-state index in [0.717, 1.165) is 12.8 Å². The standard InChI is InChI=1S/C14H15NO4/c1-18-12-8-10(13(16)17)2-3-11(12)19-9-14(4-5-14)6-7-15/h2-3,8H,4-6,9H2,1H3,(H,16,17). The summed E-state index contributed by atoms with van der Waals surface area (Å²) in [4.78, 5) is 10.9. The third-order valence-corrected chi connectivity index (χ3v) is 3.36. The zero-order valence-corrected chi connectivity index (χ0v) is 10.7. The molecule has 0 aromatic heterocycles. The summed E-state index contributed by atoms with van der Waals surface area (Å²) in [6.45, 7) is 0.462. The van der Waals surface area contributed by atoms with Crippen LogP contribution in [-0.4, -0.2) is 24.8 Å². The largest absolute Gasteiger partial charge is 0.493 e. The van der Waals surface area contributed by atoms with E-state index >= 15 is 0 Å². The SMILES string of the molecule is COc1cc(C(=O)O)ccc1OCC1(CC#N)CC1. The molecule has 0 spiro atoms. The molecule has 1 aromatic rings. The van der Waals surface area contributed by atoms with Crippen LogP contribution in [0.4, 0.5) is 0 Å². The zero-order valence-electron chi connectivity index (χ0n) is 10.7. The molecule has 1 saturated carbocycles. The Hall–Kier alpha value is -2.22. The molecule has 0 saturated heterocycles. The van der Waals surface area contributed by atoms with Gasteiger partial charge >= 0.3 is 5.97 Å². The summed E-state index contributed by atoms with van der Waals surface area (Å²) in [5, 5.41) is 17.6. The molecule has 0 heterocycles. The molecule has 19 heavy (non-hydrogen) atoms. The van der Waals surface area contributed by atoms with Crippen molar-refractivity contribution in [1.29, 1.82) is 5.26 Å². The molecule has 0 unspecified atom stereocenters. The predicted molar refractivity (Wildman–Crippen MR) is 67.3 cm³/mol. The average molecular weight is 261 g/mol. The fraction of sp³-hybridized carbons (Fsp3) is 0.429. The molecular formula is C14H15NO4. The number of aromatic carboxylic acids is 1. The summed E-state index contributed by atoms with van der Waals surface area (Å²) in [7, 11) is 1.47. The van der Waals surface area contributed by atoms with E-state index < -0.39 is 5.97 Å². The van der Waals surface area contributed by atoms with Gasteiger partial charge in [-0.3, -0.25) is 0 Å². The molecule has 1 aromatic carbocycles. The van der Waals surface area contributed by atoms with Crippen LogP contribution in [0.3, 0.4) is 0 Å².